The number of benzene rings is 4. The van der Waals surface area contributed by atoms with Gasteiger partial charge in [-0.1, -0.05) is 90.6 Å². The van der Waals surface area contributed by atoms with E-state index >= 15 is 0 Å². The van der Waals surface area contributed by atoms with E-state index in [4.69, 9.17) is 14.5 Å². The highest BCUT2D eigenvalue weighted by atomic mass is 32.2. The highest BCUT2D eigenvalue weighted by Gasteiger charge is 2.32. The molecule has 6 nitrogen and oxygen atoms in total. The largest absolute Gasteiger partial charge is 0.392 e. The van der Waals surface area contributed by atoms with Gasteiger partial charge in [0.25, 0.3) is 0 Å². The predicted octanol–water partition coefficient (Wildman–Crippen LogP) is 7.43. The number of amides is 1. The molecule has 0 spiro atoms. The molecule has 0 radical (unpaired) electrons. The van der Waals surface area contributed by atoms with Crippen LogP contribution < -0.4 is 5.32 Å². The van der Waals surface area contributed by atoms with Gasteiger partial charge in [0.1, 0.15) is 0 Å². The molecule has 3 atom stereocenters. The average Bonchev–Trinajstić information content (AvgIpc) is 3.46. The van der Waals surface area contributed by atoms with Crippen LogP contribution in [-0.2, 0) is 27.4 Å². The van der Waals surface area contributed by atoms with Gasteiger partial charge in [0.15, 0.2) is 10.6 Å². The first kappa shape index (κ1) is 28.6. The molecular weight excluding hydrogens is 565 g/mol. The van der Waals surface area contributed by atoms with E-state index in [-0.39, 0.29) is 24.7 Å². The molecule has 1 aromatic heterocycles. The van der Waals surface area contributed by atoms with E-state index < -0.39 is 6.29 Å². The lowest BCUT2D eigenvalue weighted by molar-refractivity contribution is -0.245. The summed E-state index contributed by atoms with van der Waals surface area (Å²) in [7, 11) is 0. The quantitative estimate of drug-likeness (QED) is 0.172. The second kappa shape index (κ2) is 13.2. The number of carbonyl (C=O) groups excluding carboxylic acids is 1. The van der Waals surface area contributed by atoms with E-state index in [1.807, 2.05) is 54.6 Å². The fourth-order valence-corrected chi connectivity index (χ4v) is 7.13. The van der Waals surface area contributed by atoms with Crippen LogP contribution in [0, 0.1) is 0 Å². The van der Waals surface area contributed by atoms with Gasteiger partial charge in [0.2, 0.25) is 5.91 Å². The van der Waals surface area contributed by atoms with Crippen molar-refractivity contribution in [2.45, 2.75) is 49.3 Å². The summed E-state index contributed by atoms with van der Waals surface area (Å²) >= 11 is 3.44. The van der Waals surface area contributed by atoms with Crippen molar-refractivity contribution in [3.63, 3.8) is 0 Å². The van der Waals surface area contributed by atoms with Crippen LogP contribution in [0.25, 0.3) is 21.3 Å². The first-order chi connectivity index (χ1) is 20.5. The molecule has 42 heavy (non-hydrogen) atoms. The lowest BCUT2D eigenvalue weighted by Crippen LogP contribution is -2.31. The van der Waals surface area contributed by atoms with Crippen LogP contribution in [0.2, 0.25) is 0 Å². The SMILES string of the molecule is CC(=O)NCc1cccc(-c2ccc([C@@H]3O[C@H](CSc4nc5ccccc5s4)C[C@H](c4ccc(CO)cc4)O3)cc2)c1. The Bertz CT molecular complexity index is 1620. The molecule has 1 amide bonds. The number of nitrogens with one attached hydrogen (secondary N) is 1. The zero-order chi connectivity index (χ0) is 28.9. The molecule has 214 valence electrons. The van der Waals surface area contributed by atoms with Gasteiger partial charge in [0, 0.05) is 31.2 Å². The fourth-order valence-electron chi connectivity index (χ4n) is 5.02. The average molecular weight is 597 g/mol. The van der Waals surface area contributed by atoms with E-state index in [0.29, 0.717) is 6.54 Å². The van der Waals surface area contributed by atoms with E-state index in [2.05, 4.69) is 47.8 Å². The van der Waals surface area contributed by atoms with E-state index in [1.165, 1.54) is 11.6 Å². The van der Waals surface area contributed by atoms with Crippen LogP contribution in [-0.4, -0.2) is 27.9 Å². The maximum absolute atomic E-state index is 11.3. The Morgan fingerprint density at radius 2 is 1.71 bits per heavy atom. The van der Waals surface area contributed by atoms with Crippen molar-refractivity contribution in [1.82, 2.24) is 10.3 Å². The number of nitrogens with zero attached hydrogens (tertiary/aromatic N) is 1. The second-order valence-electron chi connectivity index (χ2n) is 10.3. The molecule has 4 aromatic carbocycles. The molecule has 1 aliphatic rings. The van der Waals surface area contributed by atoms with Crippen molar-refractivity contribution in [3.8, 4) is 11.1 Å². The van der Waals surface area contributed by atoms with Crippen LogP contribution in [0.5, 0.6) is 0 Å². The number of rotatable bonds is 9. The fraction of sp³-hybridized carbons (Fsp3) is 0.235. The number of para-hydroxylation sites is 1. The second-order valence-corrected chi connectivity index (χ2v) is 12.6. The number of hydrogen-bond acceptors (Lipinski definition) is 7. The Morgan fingerprint density at radius 1 is 0.929 bits per heavy atom. The van der Waals surface area contributed by atoms with Crippen molar-refractivity contribution in [2.24, 2.45) is 0 Å². The van der Waals surface area contributed by atoms with Gasteiger partial charge in [-0.2, -0.15) is 0 Å². The minimum atomic E-state index is -0.512. The normalized spacial score (nSPS) is 18.7. The Morgan fingerprint density at radius 3 is 2.48 bits per heavy atom. The number of aromatic nitrogens is 1. The molecule has 6 rings (SSSR count). The van der Waals surface area contributed by atoms with Gasteiger partial charge in [-0.05, 0) is 46.0 Å². The van der Waals surface area contributed by atoms with Gasteiger partial charge in [-0.3, -0.25) is 4.79 Å². The topological polar surface area (TPSA) is 80.7 Å². The summed E-state index contributed by atoms with van der Waals surface area (Å²) < 4.78 is 15.3. The van der Waals surface area contributed by atoms with Crippen molar-refractivity contribution < 1.29 is 19.4 Å². The highest BCUT2D eigenvalue weighted by Crippen LogP contribution is 2.40. The van der Waals surface area contributed by atoms with Gasteiger partial charge in [-0.15, -0.1) is 11.3 Å². The van der Waals surface area contributed by atoms with Crippen molar-refractivity contribution >= 4 is 39.2 Å². The summed E-state index contributed by atoms with van der Waals surface area (Å²) in [6.07, 6.45) is 0.0462. The van der Waals surface area contributed by atoms with Gasteiger partial charge in [-0.25, -0.2) is 4.98 Å². The number of hydrogen-bond donors (Lipinski definition) is 2. The summed E-state index contributed by atoms with van der Waals surface area (Å²) in [6, 6.07) is 32.7. The van der Waals surface area contributed by atoms with E-state index in [0.717, 1.165) is 55.4 Å². The molecule has 1 fully saturated rings. The third-order valence-electron chi connectivity index (χ3n) is 7.27. The minimum absolute atomic E-state index is 0.0153. The summed E-state index contributed by atoms with van der Waals surface area (Å²) in [4.78, 5) is 16.1. The molecule has 0 saturated carbocycles. The number of thiazole rings is 1. The standard InChI is InChI=1S/C34H32N2O4S2/c1-22(38)35-19-24-5-4-6-28(17-24)25-13-15-27(16-14-25)33-39-29(18-31(40-33)26-11-9-23(20-37)10-12-26)21-41-34-36-30-7-2-3-8-32(30)42-34/h2-17,29,31,33,37H,18-21H2,1H3,(H,35,38)/t29-,31+,33+/m0/s1. The van der Waals surface area contributed by atoms with Gasteiger partial charge < -0.3 is 19.9 Å². The molecule has 2 N–H and O–H groups in total. The monoisotopic (exact) mass is 596 g/mol. The Labute approximate surface area is 253 Å². The number of carbonyl (C=O) groups is 1. The zero-order valence-corrected chi connectivity index (χ0v) is 24.9. The van der Waals surface area contributed by atoms with E-state index in [1.54, 1.807) is 23.1 Å². The first-order valence-corrected chi connectivity index (χ1v) is 15.8. The lowest BCUT2D eigenvalue weighted by Gasteiger charge is -2.36. The molecule has 1 aliphatic heterocycles. The lowest BCUT2D eigenvalue weighted by atomic mass is 9.99. The van der Waals surface area contributed by atoms with Crippen LogP contribution in [0.15, 0.2) is 101 Å². The molecule has 0 aliphatic carbocycles. The number of fused-ring (bicyclic) bond motifs is 1. The summed E-state index contributed by atoms with van der Waals surface area (Å²) in [6.45, 7) is 2.04. The predicted molar refractivity (Wildman–Crippen MR) is 168 cm³/mol. The van der Waals surface area contributed by atoms with Crippen molar-refractivity contribution in [2.75, 3.05) is 5.75 Å². The number of aliphatic hydroxyl groups excluding tert-OH is 1. The van der Waals surface area contributed by atoms with Crippen molar-refractivity contribution in [1.29, 1.82) is 0 Å². The first-order valence-electron chi connectivity index (χ1n) is 14.0. The number of aliphatic hydroxyl groups is 1. The molecule has 0 bridgehead atoms. The van der Waals surface area contributed by atoms with E-state index in [9.17, 15) is 9.90 Å². The Balaban J connectivity index is 1.20. The third-order valence-corrected chi connectivity index (χ3v) is 9.58. The maximum atomic E-state index is 11.3. The zero-order valence-electron chi connectivity index (χ0n) is 23.2. The maximum Gasteiger partial charge on any atom is 0.217 e. The van der Waals surface area contributed by atoms with Crippen LogP contribution in [0.3, 0.4) is 0 Å². The molecule has 2 heterocycles. The van der Waals surface area contributed by atoms with Crippen molar-refractivity contribution in [3.05, 3.63) is 119 Å². The number of thioether (sulfide) groups is 1. The number of ether oxygens (including phenoxy) is 2. The molecular formula is C34H32N2O4S2. The Kier molecular flexibility index (Phi) is 8.98. The molecule has 1 saturated heterocycles. The van der Waals surface area contributed by atoms with Crippen LogP contribution >= 0.6 is 23.1 Å². The van der Waals surface area contributed by atoms with Gasteiger partial charge in [0.05, 0.1) is 29.0 Å². The van der Waals surface area contributed by atoms with Crippen LogP contribution in [0.1, 0.15) is 48.0 Å². The highest BCUT2D eigenvalue weighted by molar-refractivity contribution is 8.01. The molecule has 8 heteroatoms. The van der Waals surface area contributed by atoms with Gasteiger partial charge >= 0.3 is 0 Å². The minimum Gasteiger partial charge on any atom is -0.392 e. The smallest absolute Gasteiger partial charge is 0.217 e. The molecule has 0 unspecified atom stereocenters. The molecule has 5 aromatic rings. The van der Waals surface area contributed by atoms with Crippen LogP contribution in [0.4, 0.5) is 0 Å². The Hall–Kier alpha value is -3.53. The summed E-state index contributed by atoms with van der Waals surface area (Å²) in [5.74, 6) is 0.723. The summed E-state index contributed by atoms with van der Waals surface area (Å²) in [5.41, 5.74) is 7.15. The third kappa shape index (κ3) is 6.91. The summed E-state index contributed by atoms with van der Waals surface area (Å²) in [5, 5.41) is 12.4.